The third-order valence-electron chi connectivity index (χ3n) is 3.19. The Labute approximate surface area is 114 Å². The number of benzene rings is 1. The Morgan fingerprint density at radius 2 is 2.00 bits per heavy atom. The van der Waals surface area contributed by atoms with Crippen molar-refractivity contribution < 1.29 is 9.53 Å². The molecular formula is C16H21NO2. The number of esters is 1. The third-order valence-corrected chi connectivity index (χ3v) is 3.19. The Morgan fingerprint density at radius 3 is 2.68 bits per heavy atom. The van der Waals surface area contributed by atoms with E-state index in [9.17, 15) is 4.79 Å². The minimum atomic E-state index is -0.293. The highest BCUT2D eigenvalue weighted by Crippen LogP contribution is 2.22. The van der Waals surface area contributed by atoms with Crippen LogP contribution in [0.25, 0.3) is 10.9 Å². The lowest BCUT2D eigenvalue weighted by atomic mass is 10.2. The molecule has 102 valence electrons. The Balaban J connectivity index is 2.21. The predicted octanol–water partition coefficient (Wildman–Crippen LogP) is 3.71. The lowest BCUT2D eigenvalue weighted by molar-refractivity contribution is -0.148. The highest BCUT2D eigenvalue weighted by Gasteiger charge is 2.18. The van der Waals surface area contributed by atoms with Gasteiger partial charge in [-0.25, -0.2) is 4.79 Å². The van der Waals surface area contributed by atoms with Crippen LogP contribution in [0.2, 0.25) is 0 Å². The number of rotatable bonds is 4. The molecule has 0 saturated heterocycles. The van der Waals surface area contributed by atoms with Gasteiger partial charge in [0.15, 0.2) is 0 Å². The lowest BCUT2D eigenvalue weighted by Gasteiger charge is -2.15. The second-order valence-electron chi connectivity index (χ2n) is 5.49. The average Bonchev–Trinajstić information content (AvgIpc) is 2.77. The Morgan fingerprint density at radius 1 is 1.26 bits per heavy atom. The molecule has 1 unspecified atom stereocenters. The molecule has 0 amide bonds. The Hall–Kier alpha value is -1.77. The van der Waals surface area contributed by atoms with Crippen LogP contribution in [0.1, 0.15) is 32.4 Å². The maximum Gasteiger partial charge on any atom is 0.328 e. The maximum absolute atomic E-state index is 12.0. The van der Waals surface area contributed by atoms with E-state index in [2.05, 4.69) is 25.1 Å². The standard InChI is InChI=1S/C16H21NO2/c1-11(2)10-19-16(18)13(4)17-8-7-14-9-12(3)5-6-15(14)17/h5-9,11,13H,10H2,1-4H3. The van der Waals surface area contributed by atoms with Crippen LogP contribution in [0.15, 0.2) is 30.5 Å². The largest absolute Gasteiger partial charge is 0.464 e. The summed E-state index contributed by atoms with van der Waals surface area (Å²) in [5.74, 6) is 0.187. The van der Waals surface area contributed by atoms with E-state index in [0.29, 0.717) is 12.5 Å². The number of carbonyl (C=O) groups is 1. The van der Waals surface area contributed by atoms with Gasteiger partial charge < -0.3 is 9.30 Å². The van der Waals surface area contributed by atoms with Crippen molar-refractivity contribution in [1.29, 1.82) is 0 Å². The minimum absolute atomic E-state index is 0.174. The van der Waals surface area contributed by atoms with Gasteiger partial charge in [-0.2, -0.15) is 0 Å². The van der Waals surface area contributed by atoms with Gasteiger partial charge in [-0.1, -0.05) is 25.5 Å². The van der Waals surface area contributed by atoms with Crippen LogP contribution in [0, 0.1) is 12.8 Å². The molecule has 0 bridgehead atoms. The zero-order valence-corrected chi connectivity index (χ0v) is 12.0. The van der Waals surface area contributed by atoms with E-state index in [4.69, 9.17) is 4.74 Å². The summed E-state index contributed by atoms with van der Waals surface area (Å²) in [7, 11) is 0. The fraction of sp³-hybridized carbons (Fsp3) is 0.438. The van der Waals surface area contributed by atoms with Gasteiger partial charge >= 0.3 is 5.97 Å². The van der Waals surface area contributed by atoms with E-state index in [0.717, 1.165) is 10.9 Å². The van der Waals surface area contributed by atoms with Crippen LogP contribution in [0.4, 0.5) is 0 Å². The molecule has 0 N–H and O–H groups in total. The number of fused-ring (bicyclic) bond motifs is 1. The fourth-order valence-corrected chi connectivity index (χ4v) is 2.10. The number of hydrogen-bond donors (Lipinski definition) is 0. The number of hydrogen-bond acceptors (Lipinski definition) is 2. The third kappa shape index (κ3) is 2.98. The van der Waals surface area contributed by atoms with Gasteiger partial charge in [-0.15, -0.1) is 0 Å². The molecule has 0 aliphatic heterocycles. The van der Waals surface area contributed by atoms with E-state index in [1.54, 1.807) is 0 Å². The van der Waals surface area contributed by atoms with Crippen molar-refractivity contribution in [3.8, 4) is 0 Å². The molecule has 0 spiro atoms. The van der Waals surface area contributed by atoms with Crippen LogP contribution < -0.4 is 0 Å². The first-order chi connectivity index (χ1) is 8.99. The highest BCUT2D eigenvalue weighted by molar-refractivity contribution is 5.84. The van der Waals surface area contributed by atoms with Crippen molar-refractivity contribution in [2.75, 3.05) is 6.61 Å². The van der Waals surface area contributed by atoms with Crippen LogP contribution in [0.5, 0.6) is 0 Å². The zero-order chi connectivity index (χ0) is 14.0. The van der Waals surface area contributed by atoms with Gasteiger partial charge in [0.05, 0.1) is 6.61 Å². The SMILES string of the molecule is Cc1ccc2c(ccn2C(C)C(=O)OCC(C)C)c1. The van der Waals surface area contributed by atoms with E-state index in [1.807, 2.05) is 37.6 Å². The van der Waals surface area contributed by atoms with Crippen LogP contribution in [-0.2, 0) is 9.53 Å². The van der Waals surface area contributed by atoms with Crippen molar-refractivity contribution in [1.82, 2.24) is 4.57 Å². The van der Waals surface area contributed by atoms with Gasteiger partial charge in [0.1, 0.15) is 6.04 Å². The topological polar surface area (TPSA) is 31.2 Å². The molecule has 1 aromatic heterocycles. The van der Waals surface area contributed by atoms with Crippen molar-refractivity contribution in [3.63, 3.8) is 0 Å². The van der Waals surface area contributed by atoms with Crippen molar-refractivity contribution in [2.45, 2.75) is 33.7 Å². The number of aromatic nitrogens is 1. The van der Waals surface area contributed by atoms with Crippen LogP contribution >= 0.6 is 0 Å². The van der Waals surface area contributed by atoms with E-state index >= 15 is 0 Å². The van der Waals surface area contributed by atoms with Crippen molar-refractivity contribution in [3.05, 3.63) is 36.0 Å². The number of ether oxygens (including phenoxy) is 1. The summed E-state index contributed by atoms with van der Waals surface area (Å²) < 4.78 is 7.27. The first kappa shape index (κ1) is 13.7. The zero-order valence-electron chi connectivity index (χ0n) is 12.0. The molecule has 3 heteroatoms. The molecule has 0 aliphatic rings. The van der Waals surface area contributed by atoms with Gasteiger partial charge in [0.25, 0.3) is 0 Å². The normalized spacial score (nSPS) is 12.9. The summed E-state index contributed by atoms with van der Waals surface area (Å²) >= 11 is 0. The second-order valence-corrected chi connectivity index (χ2v) is 5.49. The average molecular weight is 259 g/mol. The quantitative estimate of drug-likeness (QED) is 0.784. The molecule has 0 radical (unpaired) electrons. The summed E-state index contributed by atoms with van der Waals surface area (Å²) in [5.41, 5.74) is 2.29. The van der Waals surface area contributed by atoms with Gasteiger partial charge in [-0.05, 0) is 43.4 Å². The fourth-order valence-electron chi connectivity index (χ4n) is 2.10. The summed E-state index contributed by atoms with van der Waals surface area (Å²) in [6.07, 6.45) is 1.95. The van der Waals surface area contributed by atoms with Crippen LogP contribution in [0.3, 0.4) is 0 Å². The van der Waals surface area contributed by atoms with E-state index in [1.165, 1.54) is 5.56 Å². The first-order valence-corrected chi connectivity index (χ1v) is 6.73. The summed E-state index contributed by atoms with van der Waals surface area (Å²) in [6, 6.07) is 7.98. The van der Waals surface area contributed by atoms with Gasteiger partial charge in [0.2, 0.25) is 0 Å². The van der Waals surface area contributed by atoms with Crippen molar-refractivity contribution in [2.24, 2.45) is 5.92 Å². The van der Waals surface area contributed by atoms with Crippen LogP contribution in [-0.4, -0.2) is 17.1 Å². The number of carbonyl (C=O) groups excluding carboxylic acids is 1. The molecule has 0 saturated carbocycles. The Kier molecular flexibility index (Phi) is 3.93. The highest BCUT2D eigenvalue weighted by atomic mass is 16.5. The lowest BCUT2D eigenvalue weighted by Crippen LogP contribution is -2.20. The molecular weight excluding hydrogens is 238 g/mol. The van der Waals surface area contributed by atoms with Gasteiger partial charge in [0, 0.05) is 11.7 Å². The molecule has 2 aromatic rings. The van der Waals surface area contributed by atoms with Crippen molar-refractivity contribution >= 4 is 16.9 Å². The molecule has 1 aromatic carbocycles. The molecule has 19 heavy (non-hydrogen) atoms. The Bertz CT molecular complexity index is 583. The minimum Gasteiger partial charge on any atom is -0.464 e. The number of aryl methyl sites for hydroxylation is 1. The molecule has 3 nitrogen and oxygen atoms in total. The molecule has 0 aliphatic carbocycles. The monoisotopic (exact) mass is 259 g/mol. The van der Waals surface area contributed by atoms with E-state index < -0.39 is 0 Å². The molecule has 0 fully saturated rings. The van der Waals surface area contributed by atoms with Gasteiger partial charge in [-0.3, -0.25) is 0 Å². The first-order valence-electron chi connectivity index (χ1n) is 6.73. The predicted molar refractivity (Wildman–Crippen MR) is 77.2 cm³/mol. The number of nitrogens with zero attached hydrogens (tertiary/aromatic N) is 1. The molecule has 2 rings (SSSR count). The molecule has 1 atom stereocenters. The summed E-state index contributed by atoms with van der Waals surface area (Å²) in [5, 5.41) is 1.16. The molecule has 1 heterocycles. The second kappa shape index (κ2) is 5.47. The summed E-state index contributed by atoms with van der Waals surface area (Å²) in [4.78, 5) is 12.0. The maximum atomic E-state index is 12.0. The smallest absolute Gasteiger partial charge is 0.328 e. The van der Waals surface area contributed by atoms with E-state index in [-0.39, 0.29) is 12.0 Å². The summed E-state index contributed by atoms with van der Waals surface area (Å²) in [6.45, 7) is 8.48.